The maximum Gasteiger partial charge on any atom is 0.417 e. The van der Waals surface area contributed by atoms with Gasteiger partial charge in [-0.2, -0.15) is 41.6 Å². The minimum Gasteiger partial charge on any atom is -0.340 e. The largest absolute Gasteiger partial charge is 0.417 e. The lowest BCUT2D eigenvalue weighted by Crippen LogP contribution is -2.32. The van der Waals surface area contributed by atoms with E-state index in [9.17, 15) is 35.1 Å². The molecule has 2 aromatic heterocycles. The van der Waals surface area contributed by atoms with Crippen molar-refractivity contribution in [3.05, 3.63) is 88.4 Å². The summed E-state index contributed by atoms with van der Waals surface area (Å²) in [5.74, 6) is -1.89. The topological polar surface area (TPSA) is 70.1 Å². The van der Waals surface area contributed by atoms with Crippen LogP contribution in [0.4, 0.5) is 35.1 Å². The summed E-state index contributed by atoms with van der Waals surface area (Å²) in [6, 6.07) is 7.53. The van der Waals surface area contributed by atoms with Crippen LogP contribution in [0.5, 0.6) is 0 Å². The van der Waals surface area contributed by atoms with E-state index in [-0.39, 0.29) is 42.2 Å². The Bertz CT molecular complexity index is 1570. The Hall–Kier alpha value is -4.36. The second-order valence-corrected chi connectivity index (χ2v) is 9.11. The van der Waals surface area contributed by atoms with Gasteiger partial charge in [0.1, 0.15) is 11.5 Å². The van der Waals surface area contributed by atoms with Crippen molar-refractivity contribution in [2.45, 2.75) is 38.3 Å². The second kappa shape index (κ2) is 9.99. The molecular weight excluding hydrogens is 548 g/mol. The van der Waals surface area contributed by atoms with Gasteiger partial charge in [-0.25, -0.2) is 13.8 Å². The van der Waals surface area contributed by atoms with Crippen LogP contribution >= 0.6 is 0 Å². The van der Waals surface area contributed by atoms with Crippen LogP contribution in [0.1, 0.15) is 35.1 Å². The molecule has 6 nitrogen and oxygen atoms in total. The molecule has 0 aliphatic carbocycles. The standard InChI is InChI=1S/C26H18F8N6/c1-13(40-12-22-21(11-35-40)36-24(37-22)17-3-2-4-19(27)23(17)28)9-15-6-8-20(39-38-15)16-7-5-14(25(29,30)31)10-18(16)26(32,33)34/h2-8,10-11,13H,9,12H2,1H3,(H,36,37). The third-order valence-electron chi connectivity index (χ3n) is 6.33. The summed E-state index contributed by atoms with van der Waals surface area (Å²) >= 11 is 0. The quantitative estimate of drug-likeness (QED) is 0.276. The van der Waals surface area contributed by atoms with Gasteiger partial charge in [0.25, 0.3) is 0 Å². The van der Waals surface area contributed by atoms with Gasteiger partial charge in [-0.3, -0.25) is 5.01 Å². The SMILES string of the molecule is CC(Cc1ccc(-c2ccc(C(F)(F)F)cc2C(F)(F)F)nn1)N1Cc2[nH]c(-c3cccc(F)c3F)nc2C=N1. The van der Waals surface area contributed by atoms with E-state index in [1.54, 1.807) is 5.01 Å². The number of halogens is 8. The normalized spacial score (nSPS) is 14.4. The highest BCUT2D eigenvalue weighted by Gasteiger charge is 2.38. The van der Waals surface area contributed by atoms with Gasteiger partial charge in [0.05, 0.1) is 52.6 Å². The molecule has 5 rings (SSSR count). The number of hydrogen-bond donors (Lipinski definition) is 1. The summed E-state index contributed by atoms with van der Waals surface area (Å²) in [4.78, 5) is 7.26. The van der Waals surface area contributed by atoms with Gasteiger partial charge in [-0.05, 0) is 43.3 Å². The maximum absolute atomic E-state index is 14.2. The van der Waals surface area contributed by atoms with Gasteiger partial charge >= 0.3 is 12.4 Å². The predicted molar refractivity (Wildman–Crippen MR) is 128 cm³/mol. The van der Waals surface area contributed by atoms with Crippen molar-refractivity contribution in [3.63, 3.8) is 0 Å². The molecule has 2 aromatic carbocycles. The molecule has 0 spiro atoms. The van der Waals surface area contributed by atoms with Crippen LogP contribution in [0.25, 0.3) is 22.6 Å². The summed E-state index contributed by atoms with van der Waals surface area (Å²) in [7, 11) is 0. The van der Waals surface area contributed by atoms with E-state index in [4.69, 9.17) is 0 Å². The zero-order valence-electron chi connectivity index (χ0n) is 20.4. The first-order chi connectivity index (χ1) is 18.8. The average Bonchev–Trinajstić information content (AvgIpc) is 3.32. The Morgan fingerprint density at radius 2 is 1.70 bits per heavy atom. The summed E-state index contributed by atoms with van der Waals surface area (Å²) in [5, 5.41) is 13.8. The Morgan fingerprint density at radius 1 is 0.925 bits per heavy atom. The van der Waals surface area contributed by atoms with Gasteiger partial charge < -0.3 is 4.98 Å². The molecule has 14 heteroatoms. The minimum absolute atomic E-state index is 0.0283. The number of nitrogens with zero attached hydrogens (tertiary/aromatic N) is 5. The second-order valence-electron chi connectivity index (χ2n) is 9.11. The molecule has 40 heavy (non-hydrogen) atoms. The number of imidazole rings is 1. The fourth-order valence-corrected chi connectivity index (χ4v) is 4.26. The lowest BCUT2D eigenvalue weighted by atomic mass is 10.00. The van der Waals surface area contributed by atoms with Crippen molar-refractivity contribution in [3.8, 4) is 22.6 Å². The number of aromatic nitrogens is 4. The van der Waals surface area contributed by atoms with Crippen molar-refractivity contribution in [2.24, 2.45) is 5.10 Å². The fourth-order valence-electron chi connectivity index (χ4n) is 4.26. The molecule has 1 N–H and O–H groups in total. The van der Waals surface area contributed by atoms with Gasteiger partial charge in [0.2, 0.25) is 0 Å². The van der Waals surface area contributed by atoms with E-state index in [1.165, 1.54) is 30.5 Å². The molecule has 0 fully saturated rings. The minimum atomic E-state index is -5.04. The Balaban J connectivity index is 1.31. The maximum atomic E-state index is 14.2. The fraction of sp³-hybridized carbons (Fsp3) is 0.231. The summed E-state index contributed by atoms with van der Waals surface area (Å²) in [6.45, 7) is 2.07. The number of hydrogen-bond acceptors (Lipinski definition) is 5. The molecule has 1 atom stereocenters. The highest BCUT2D eigenvalue weighted by Crippen LogP contribution is 2.40. The van der Waals surface area contributed by atoms with Crippen molar-refractivity contribution in [1.29, 1.82) is 0 Å². The smallest absolute Gasteiger partial charge is 0.340 e. The average molecular weight is 566 g/mol. The van der Waals surface area contributed by atoms with E-state index in [0.717, 1.165) is 12.1 Å². The van der Waals surface area contributed by atoms with Crippen molar-refractivity contribution >= 4 is 6.21 Å². The Morgan fingerprint density at radius 3 is 2.38 bits per heavy atom. The van der Waals surface area contributed by atoms with E-state index in [0.29, 0.717) is 23.1 Å². The zero-order chi connectivity index (χ0) is 28.8. The first-order valence-electron chi connectivity index (χ1n) is 11.8. The number of nitrogens with one attached hydrogen (secondary N) is 1. The van der Waals surface area contributed by atoms with Crippen molar-refractivity contribution in [2.75, 3.05) is 0 Å². The first kappa shape index (κ1) is 27.2. The number of H-pyrrole nitrogens is 1. The Kier molecular flexibility index (Phi) is 6.80. The van der Waals surface area contributed by atoms with E-state index in [2.05, 4.69) is 25.3 Å². The molecule has 0 saturated heterocycles. The molecule has 1 aliphatic heterocycles. The monoisotopic (exact) mass is 566 g/mol. The molecule has 4 aromatic rings. The molecular formula is C26H18F8N6. The van der Waals surface area contributed by atoms with Gasteiger partial charge in [-0.15, -0.1) is 0 Å². The van der Waals surface area contributed by atoms with Crippen LogP contribution < -0.4 is 0 Å². The molecule has 208 valence electrons. The third kappa shape index (κ3) is 5.38. The number of fused-ring (bicyclic) bond motifs is 1. The van der Waals surface area contributed by atoms with Gasteiger partial charge in [0, 0.05) is 12.0 Å². The predicted octanol–water partition coefficient (Wildman–Crippen LogP) is 6.63. The Labute approximate surface area is 221 Å². The van der Waals surface area contributed by atoms with Crippen LogP contribution in [-0.2, 0) is 25.3 Å². The third-order valence-corrected chi connectivity index (χ3v) is 6.33. The van der Waals surface area contributed by atoms with E-state index < -0.39 is 40.7 Å². The number of hydrazone groups is 1. The van der Waals surface area contributed by atoms with Crippen LogP contribution in [-0.4, -0.2) is 37.4 Å². The summed E-state index contributed by atoms with van der Waals surface area (Å²) in [5.41, 5.74) is -2.18. The first-order valence-corrected chi connectivity index (χ1v) is 11.8. The molecule has 0 radical (unpaired) electrons. The van der Waals surface area contributed by atoms with Gasteiger partial charge in [-0.1, -0.05) is 12.1 Å². The lowest BCUT2D eigenvalue weighted by molar-refractivity contribution is -0.142. The van der Waals surface area contributed by atoms with Crippen molar-refractivity contribution < 1.29 is 35.1 Å². The highest BCUT2D eigenvalue weighted by atomic mass is 19.4. The molecule has 3 heterocycles. The van der Waals surface area contributed by atoms with Crippen LogP contribution in [0.15, 0.2) is 53.6 Å². The molecule has 1 aliphatic rings. The van der Waals surface area contributed by atoms with E-state index >= 15 is 0 Å². The molecule has 0 amide bonds. The summed E-state index contributed by atoms with van der Waals surface area (Å²) < 4.78 is 107. The van der Waals surface area contributed by atoms with Crippen LogP contribution in [0.3, 0.4) is 0 Å². The number of rotatable bonds is 5. The number of benzene rings is 2. The van der Waals surface area contributed by atoms with Crippen LogP contribution in [0.2, 0.25) is 0 Å². The van der Waals surface area contributed by atoms with E-state index in [1.807, 2.05) is 6.92 Å². The number of aromatic amines is 1. The lowest BCUT2D eigenvalue weighted by Gasteiger charge is -2.27. The molecule has 1 unspecified atom stereocenters. The number of alkyl halides is 6. The van der Waals surface area contributed by atoms with Crippen molar-refractivity contribution in [1.82, 2.24) is 25.2 Å². The zero-order valence-corrected chi connectivity index (χ0v) is 20.4. The summed E-state index contributed by atoms with van der Waals surface area (Å²) in [6.07, 6.45) is -8.23. The van der Waals surface area contributed by atoms with Crippen LogP contribution in [0, 0.1) is 11.6 Å². The van der Waals surface area contributed by atoms with Gasteiger partial charge in [0.15, 0.2) is 11.6 Å². The molecule has 0 saturated carbocycles. The highest BCUT2D eigenvalue weighted by molar-refractivity contribution is 5.80. The molecule has 0 bridgehead atoms.